The molecule has 0 aliphatic heterocycles. The molecule has 2 aromatic carbocycles. The molecule has 1 atom stereocenters. The molecule has 0 aromatic heterocycles. The van der Waals surface area contributed by atoms with Crippen molar-refractivity contribution < 1.29 is 108 Å². The van der Waals surface area contributed by atoms with Crippen LogP contribution in [-0.2, 0) is 14.0 Å². The number of ether oxygens (including phenoxy) is 3. The summed E-state index contributed by atoms with van der Waals surface area (Å²) in [6.07, 6.45) is -10.5. The van der Waals surface area contributed by atoms with E-state index in [-0.39, 0.29) is 24.2 Å². The number of methoxy groups -OCH3 is 1. The number of anilines is 1. The SMILES string of the molecule is COc1ccc(NC(=O)O[C@H](CC/C=C(\C)C(=O)NO)c2ccc(OCCO[Si](CCC(F)(F)C(F)(F)C(F)(F)C(F)(F)C(F)(F)C(F)(F)C(F)(F)C(F)(F)F)(C(C)C)C(C)C)cc2)cc1. The fourth-order valence-electron chi connectivity index (χ4n) is 6.40. The molecule has 27 heteroatoms. The molecule has 376 valence electrons. The molecule has 2 rings (SSSR count). The van der Waals surface area contributed by atoms with Gasteiger partial charge in [-0.2, -0.15) is 74.6 Å². The van der Waals surface area contributed by atoms with E-state index < -0.39 is 111 Å². The fourth-order valence-corrected chi connectivity index (χ4v) is 10.9. The number of benzene rings is 2. The zero-order chi connectivity index (χ0) is 51.1. The van der Waals surface area contributed by atoms with Crippen LogP contribution in [0.25, 0.3) is 0 Å². The number of hydrogen-bond acceptors (Lipinski definition) is 7. The minimum atomic E-state index is -8.71. The molecule has 2 aromatic rings. The van der Waals surface area contributed by atoms with Gasteiger partial charge in [0, 0.05) is 17.7 Å². The first kappa shape index (κ1) is 57.6. The lowest BCUT2D eigenvalue weighted by atomic mass is 9.88. The first-order valence-electron chi connectivity index (χ1n) is 19.3. The Morgan fingerprint density at radius 1 is 0.682 bits per heavy atom. The van der Waals surface area contributed by atoms with Gasteiger partial charge in [0.15, 0.2) is 8.32 Å². The van der Waals surface area contributed by atoms with Gasteiger partial charge < -0.3 is 18.6 Å². The number of rotatable bonds is 24. The molecule has 2 amide bonds. The van der Waals surface area contributed by atoms with E-state index in [1.165, 1.54) is 89.7 Å². The molecule has 0 aliphatic rings. The standard InChI is InChI=1S/C39H45F17N2O7Si/c1-22(2)66(23(3)4,21-18-32(40,41)33(42,43)34(44,45)35(46,47)36(48,49)37(50,51)38(52,53)39(54,55)56)64-20-19-63-28-14-10-25(11-15-28)29(9-7-8-24(5)30(59)58-61)65-31(60)57-26-12-16-27(62-6)17-13-26/h8,10-17,22-23,29,61H,7,9,18-21H2,1-6H3,(H,57,60)(H,58,59)/b24-8+/t29-/m1/s1. The van der Waals surface area contributed by atoms with Gasteiger partial charge in [0.2, 0.25) is 0 Å². The molecule has 66 heavy (non-hydrogen) atoms. The molecule has 0 aliphatic carbocycles. The largest absolute Gasteiger partial charge is 0.497 e. The Bertz CT molecular complexity index is 1940. The third-order valence-corrected chi connectivity index (χ3v) is 16.2. The van der Waals surface area contributed by atoms with Crippen molar-refractivity contribution >= 4 is 26.0 Å². The van der Waals surface area contributed by atoms with Crippen LogP contribution in [0.3, 0.4) is 0 Å². The quantitative estimate of drug-likeness (QED) is 0.0240. The van der Waals surface area contributed by atoms with Crippen molar-refractivity contribution in [3.8, 4) is 11.5 Å². The van der Waals surface area contributed by atoms with E-state index in [1.54, 1.807) is 12.1 Å². The molecule has 9 nitrogen and oxygen atoms in total. The normalized spacial score (nSPS) is 14.6. The van der Waals surface area contributed by atoms with E-state index in [0.29, 0.717) is 17.0 Å². The topological polar surface area (TPSA) is 115 Å². The van der Waals surface area contributed by atoms with E-state index in [4.69, 9.17) is 23.8 Å². The maximum atomic E-state index is 15.0. The van der Waals surface area contributed by atoms with Gasteiger partial charge in [-0.15, -0.1) is 0 Å². The van der Waals surface area contributed by atoms with Gasteiger partial charge in [-0.1, -0.05) is 45.9 Å². The first-order valence-corrected chi connectivity index (χ1v) is 21.5. The van der Waals surface area contributed by atoms with Crippen LogP contribution in [-0.4, -0.2) is 93.5 Å². The third kappa shape index (κ3) is 11.8. The summed E-state index contributed by atoms with van der Waals surface area (Å²) in [4.78, 5) is 24.5. The summed E-state index contributed by atoms with van der Waals surface area (Å²) >= 11 is 0. The van der Waals surface area contributed by atoms with Gasteiger partial charge in [0.25, 0.3) is 5.91 Å². The molecule has 0 fully saturated rings. The van der Waals surface area contributed by atoms with Gasteiger partial charge >= 0.3 is 53.7 Å². The number of hydrogen-bond donors (Lipinski definition) is 3. The number of nitrogens with one attached hydrogen (secondary N) is 2. The summed E-state index contributed by atoms with van der Waals surface area (Å²) in [5, 5.41) is 11.4. The molecule has 0 bridgehead atoms. The zero-order valence-electron chi connectivity index (χ0n) is 35.5. The smallest absolute Gasteiger partial charge is 0.460 e. The minimum absolute atomic E-state index is 0.102. The fraction of sp³-hybridized carbons (Fsp3) is 0.590. The second-order valence-electron chi connectivity index (χ2n) is 15.3. The lowest BCUT2D eigenvalue weighted by Gasteiger charge is -2.44. The molecular formula is C39H45F17N2O7Si. The van der Waals surface area contributed by atoms with Crippen LogP contribution in [0.15, 0.2) is 60.2 Å². The summed E-state index contributed by atoms with van der Waals surface area (Å²) in [5.74, 6) is -57.1. The second-order valence-corrected chi connectivity index (χ2v) is 20.3. The third-order valence-electron chi connectivity index (χ3n) is 10.5. The van der Waals surface area contributed by atoms with E-state index in [1.807, 2.05) is 0 Å². The highest BCUT2D eigenvalue weighted by Crippen LogP contribution is 2.64. The van der Waals surface area contributed by atoms with Crippen molar-refractivity contribution in [2.24, 2.45) is 0 Å². The van der Waals surface area contributed by atoms with E-state index in [2.05, 4.69) is 5.32 Å². The number of carbonyl (C=O) groups is 2. The highest BCUT2D eigenvalue weighted by molar-refractivity contribution is 6.76. The Morgan fingerprint density at radius 2 is 1.15 bits per heavy atom. The summed E-state index contributed by atoms with van der Waals surface area (Å²) in [6, 6.07) is 10.5. The number of amides is 2. The number of alkyl halides is 17. The number of hydroxylamine groups is 1. The van der Waals surface area contributed by atoms with E-state index in [0.717, 1.165) is 0 Å². The summed E-state index contributed by atoms with van der Waals surface area (Å²) < 4.78 is 258. The van der Waals surface area contributed by atoms with Gasteiger partial charge in [0.05, 0.1) is 13.7 Å². The van der Waals surface area contributed by atoms with Gasteiger partial charge in [-0.3, -0.25) is 15.3 Å². The van der Waals surface area contributed by atoms with Crippen LogP contribution in [0.1, 0.15) is 65.5 Å². The van der Waals surface area contributed by atoms with Crippen molar-refractivity contribution in [3.05, 3.63) is 65.7 Å². The Hall–Kier alpha value is -4.53. The molecule has 0 heterocycles. The van der Waals surface area contributed by atoms with Crippen LogP contribution in [0.2, 0.25) is 17.1 Å². The summed E-state index contributed by atoms with van der Waals surface area (Å²) in [5.41, 5.74) is 0.552. The van der Waals surface area contributed by atoms with Crippen molar-refractivity contribution in [3.63, 3.8) is 0 Å². The average Bonchev–Trinajstić information content (AvgIpc) is 3.22. The predicted octanol–water partition coefficient (Wildman–Crippen LogP) is 12.8. The predicted molar refractivity (Wildman–Crippen MR) is 203 cm³/mol. The molecule has 0 saturated heterocycles. The van der Waals surface area contributed by atoms with Gasteiger partial charge in [0.1, 0.15) is 24.2 Å². The number of carbonyl (C=O) groups excluding carboxylic acids is 2. The highest BCUT2D eigenvalue weighted by atomic mass is 28.4. The Morgan fingerprint density at radius 3 is 1.61 bits per heavy atom. The van der Waals surface area contributed by atoms with Crippen LogP contribution in [0.4, 0.5) is 85.1 Å². The molecule has 0 radical (unpaired) electrons. The zero-order valence-corrected chi connectivity index (χ0v) is 36.5. The lowest BCUT2D eigenvalue weighted by molar-refractivity contribution is -0.461. The van der Waals surface area contributed by atoms with Crippen LogP contribution >= 0.6 is 0 Å². The van der Waals surface area contributed by atoms with Crippen LogP contribution < -0.4 is 20.3 Å². The summed E-state index contributed by atoms with van der Waals surface area (Å²) in [6.45, 7) is 5.67. The van der Waals surface area contributed by atoms with E-state index in [9.17, 15) is 84.2 Å². The molecular weight excluding hydrogens is 959 g/mol. The molecule has 0 spiro atoms. The van der Waals surface area contributed by atoms with Crippen LogP contribution in [0.5, 0.6) is 11.5 Å². The Balaban J connectivity index is 2.28. The van der Waals surface area contributed by atoms with Gasteiger partial charge in [-0.25, -0.2) is 10.3 Å². The van der Waals surface area contributed by atoms with E-state index >= 15 is 0 Å². The Kier molecular flexibility index (Phi) is 18.5. The molecule has 0 saturated carbocycles. The number of halogens is 17. The maximum Gasteiger partial charge on any atom is 0.460 e. The first-order chi connectivity index (χ1) is 30.0. The van der Waals surface area contributed by atoms with Crippen molar-refractivity contribution in [2.75, 3.05) is 25.6 Å². The van der Waals surface area contributed by atoms with Crippen LogP contribution in [0, 0.1) is 0 Å². The van der Waals surface area contributed by atoms with Gasteiger partial charge in [-0.05, 0) is 78.9 Å². The second kappa shape index (κ2) is 21.2. The Labute approximate surface area is 367 Å². The minimum Gasteiger partial charge on any atom is -0.497 e. The van der Waals surface area contributed by atoms with Crippen molar-refractivity contribution in [1.82, 2.24) is 5.48 Å². The molecule has 3 N–H and O–H groups in total. The molecule has 0 unspecified atom stereocenters. The lowest BCUT2D eigenvalue weighted by Crippen LogP contribution is -2.74. The van der Waals surface area contributed by atoms with Crippen molar-refractivity contribution in [2.45, 2.75) is 125 Å². The highest BCUT2D eigenvalue weighted by Gasteiger charge is 2.95. The van der Waals surface area contributed by atoms with Crippen molar-refractivity contribution in [1.29, 1.82) is 0 Å². The average molecular weight is 1000 g/mol. The maximum absolute atomic E-state index is 15.0. The summed E-state index contributed by atoms with van der Waals surface area (Å²) in [7, 11) is -2.58. The monoisotopic (exact) mass is 1000 g/mol. The number of allylic oxidation sites excluding steroid dienone is 1.